The molecule has 2 aromatic carbocycles. The van der Waals surface area contributed by atoms with Gasteiger partial charge in [0.25, 0.3) is 0 Å². The number of thiazole rings is 1. The normalized spacial score (nSPS) is 10.5. The summed E-state index contributed by atoms with van der Waals surface area (Å²) in [5, 5.41) is 4.83. The first-order valence-corrected chi connectivity index (χ1v) is 10.1. The summed E-state index contributed by atoms with van der Waals surface area (Å²) in [5.41, 5.74) is 4.08. The Hall–Kier alpha value is -2.31. The van der Waals surface area contributed by atoms with Crippen LogP contribution in [0.25, 0.3) is 0 Å². The Kier molecular flexibility index (Phi) is 6.30. The lowest BCUT2D eigenvalue weighted by Crippen LogP contribution is -2.14. The van der Waals surface area contributed by atoms with Crippen molar-refractivity contribution < 1.29 is 9.53 Å². The molecule has 0 saturated carbocycles. The van der Waals surface area contributed by atoms with Crippen molar-refractivity contribution >= 4 is 34.7 Å². The quantitative estimate of drug-likeness (QED) is 0.587. The maximum Gasteiger partial charge on any atom is 0.230 e. The van der Waals surface area contributed by atoms with Crippen molar-refractivity contribution in [2.75, 3.05) is 12.4 Å². The molecule has 4 nitrogen and oxygen atoms in total. The molecule has 3 rings (SSSR count). The Morgan fingerprint density at radius 3 is 2.58 bits per heavy atom. The van der Waals surface area contributed by atoms with Gasteiger partial charge in [-0.1, -0.05) is 41.6 Å². The number of nitrogens with one attached hydrogen (secondary N) is 1. The third-order valence-corrected chi connectivity index (χ3v) is 5.87. The minimum Gasteiger partial charge on any atom is -0.497 e. The number of carbonyl (C=O) groups excluding carboxylic acids is 1. The first-order chi connectivity index (χ1) is 12.6. The highest BCUT2D eigenvalue weighted by molar-refractivity contribution is 8.00. The summed E-state index contributed by atoms with van der Waals surface area (Å²) in [5.74, 6) is 1.57. The number of rotatable bonds is 7. The van der Waals surface area contributed by atoms with Crippen LogP contribution in [0.2, 0.25) is 0 Å². The van der Waals surface area contributed by atoms with E-state index in [4.69, 9.17) is 4.74 Å². The van der Waals surface area contributed by atoms with Crippen LogP contribution in [-0.2, 0) is 17.0 Å². The number of methoxy groups -OCH3 is 1. The second-order valence-corrected chi connectivity index (χ2v) is 7.91. The summed E-state index contributed by atoms with van der Waals surface area (Å²) in [6.07, 6.45) is 0.271. The molecule has 0 spiro atoms. The summed E-state index contributed by atoms with van der Waals surface area (Å²) < 4.78 is 6.09. The Labute approximate surface area is 161 Å². The highest BCUT2D eigenvalue weighted by Crippen LogP contribution is 2.26. The van der Waals surface area contributed by atoms with Gasteiger partial charge in [0.15, 0.2) is 0 Å². The molecule has 1 N–H and O–H groups in total. The standard InChI is InChI=1S/C20H20N2O2S2/c1-14-3-5-15(6-4-14)12-25-20-22-17(13-26-20)11-19(23)21-16-7-9-18(24-2)10-8-16/h3-10,13H,11-12H2,1-2H3,(H,21,23). The second-order valence-electron chi connectivity index (χ2n) is 5.83. The van der Waals surface area contributed by atoms with Gasteiger partial charge in [0, 0.05) is 16.8 Å². The highest BCUT2D eigenvalue weighted by atomic mass is 32.2. The molecule has 0 unspecified atom stereocenters. The van der Waals surface area contributed by atoms with Crippen molar-refractivity contribution in [1.29, 1.82) is 0 Å². The van der Waals surface area contributed by atoms with Gasteiger partial charge in [-0.25, -0.2) is 4.98 Å². The van der Waals surface area contributed by atoms with Crippen LogP contribution in [0.5, 0.6) is 5.75 Å². The number of aryl methyl sites for hydroxylation is 1. The van der Waals surface area contributed by atoms with Crippen molar-refractivity contribution in [3.63, 3.8) is 0 Å². The lowest BCUT2D eigenvalue weighted by molar-refractivity contribution is -0.115. The van der Waals surface area contributed by atoms with E-state index in [0.717, 1.165) is 27.2 Å². The van der Waals surface area contributed by atoms with Gasteiger partial charge < -0.3 is 10.1 Å². The van der Waals surface area contributed by atoms with E-state index in [1.54, 1.807) is 30.2 Å². The zero-order chi connectivity index (χ0) is 18.4. The number of aromatic nitrogens is 1. The van der Waals surface area contributed by atoms with Crippen molar-refractivity contribution in [3.8, 4) is 5.75 Å². The van der Waals surface area contributed by atoms with Gasteiger partial charge in [-0.3, -0.25) is 4.79 Å². The Balaban J connectivity index is 1.50. The number of amides is 1. The smallest absolute Gasteiger partial charge is 0.230 e. The van der Waals surface area contributed by atoms with Gasteiger partial charge >= 0.3 is 0 Å². The average molecular weight is 385 g/mol. The fraction of sp³-hybridized carbons (Fsp3) is 0.200. The minimum atomic E-state index is -0.0736. The topological polar surface area (TPSA) is 51.2 Å². The van der Waals surface area contributed by atoms with Gasteiger partial charge in [-0.2, -0.15) is 0 Å². The van der Waals surface area contributed by atoms with Gasteiger partial charge in [0.2, 0.25) is 5.91 Å². The lowest BCUT2D eigenvalue weighted by Gasteiger charge is -2.05. The highest BCUT2D eigenvalue weighted by Gasteiger charge is 2.09. The first kappa shape index (κ1) is 18.5. The van der Waals surface area contributed by atoms with Gasteiger partial charge in [-0.15, -0.1) is 11.3 Å². The third kappa shape index (κ3) is 5.34. The summed E-state index contributed by atoms with van der Waals surface area (Å²) in [7, 11) is 1.62. The van der Waals surface area contributed by atoms with Crippen molar-refractivity contribution in [2.24, 2.45) is 0 Å². The molecule has 1 aromatic heterocycles. The van der Waals surface area contributed by atoms with E-state index in [-0.39, 0.29) is 12.3 Å². The molecule has 0 fully saturated rings. The monoisotopic (exact) mass is 384 g/mol. The van der Waals surface area contributed by atoms with Crippen LogP contribution < -0.4 is 10.1 Å². The van der Waals surface area contributed by atoms with Gasteiger partial charge in [0.05, 0.1) is 19.2 Å². The Morgan fingerprint density at radius 1 is 1.15 bits per heavy atom. The van der Waals surface area contributed by atoms with Crippen LogP contribution >= 0.6 is 23.1 Å². The van der Waals surface area contributed by atoms with Crippen LogP contribution in [-0.4, -0.2) is 18.0 Å². The summed E-state index contributed by atoms with van der Waals surface area (Å²) in [6, 6.07) is 15.8. The molecule has 0 atom stereocenters. The van der Waals surface area contributed by atoms with E-state index < -0.39 is 0 Å². The van der Waals surface area contributed by atoms with Gasteiger partial charge in [0.1, 0.15) is 10.1 Å². The fourth-order valence-electron chi connectivity index (χ4n) is 2.31. The van der Waals surface area contributed by atoms with E-state index in [0.29, 0.717) is 0 Å². The maximum absolute atomic E-state index is 12.2. The molecule has 0 aliphatic carbocycles. The lowest BCUT2D eigenvalue weighted by atomic mass is 10.2. The Bertz CT molecular complexity index is 858. The van der Waals surface area contributed by atoms with E-state index in [1.165, 1.54) is 11.1 Å². The number of hydrogen-bond acceptors (Lipinski definition) is 5. The molecule has 0 saturated heterocycles. The molecule has 3 aromatic rings. The number of thioether (sulfide) groups is 1. The number of anilines is 1. The number of benzene rings is 2. The van der Waals surface area contributed by atoms with E-state index in [1.807, 2.05) is 29.6 Å². The van der Waals surface area contributed by atoms with Crippen molar-refractivity contribution in [1.82, 2.24) is 4.98 Å². The number of hydrogen-bond donors (Lipinski definition) is 1. The molecule has 0 bridgehead atoms. The van der Waals surface area contributed by atoms with Gasteiger partial charge in [-0.05, 0) is 36.8 Å². The maximum atomic E-state index is 12.2. The SMILES string of the molecule is COc1ccc(NC(=O)Cc2csc(SCc3ccc(C)cc3)n2)cc1. The van der Waals surface area contributed by atoms with Crippen LogP contribution in [0.4, 0.5) is 5.69 Å². The molecule has 0 radical (unpaired) electrons. The number of carbonyl (C=O) groups is 1. The fourth-order valence-corrected chi connectivity index (χ4v) is 4.11. The molecular weight excluding hydrogens is 364 g/mol. The summed E-state index contributed by atoms with van der Waals surface area (Å²) in [4.78, 5) is 16.7. The Morgan fingerprint density at radius 2 is 1.88 bits per heavy atom. The average Bonchev–Trinajstić information content (AvgIpc) is 3.09. The molecule has 26 heavy (non-hydrogen) atoms. The molecule has 134 valence electrons. The van der Waals surface area contributed by atoms with Crippen LogP contribution in [0.15, 0.2) is 58.3 Å². The minimum absolute atomic E-state index is 0.0736. The predicted molar refractivity (Wildman–Crippen MR) is 108 cm³/mol. The largest absolute Gasteiger partial charge is 0.497 e. The zero-order valence-corrected chi connectivity index (χ0v) is 16.3. The molecule has 6 heteroatoms. The first-order valence-electron chi connectivity index (χ1n) is 8.19. The zero-order valence-electron chi connectivity index (χ0n) is 14.7. The van der Waals surface area contributed by atoms with E-state index in [9.17, 15) is 4.79 Å². The summed E-state index contributed by atoms with van der Waals surface area (Å²) in [6.45, 7) is 2.08. The molecule has 1 amide bonds. The van der Waals surface area contributed by atoms with E-state index >= 15 is 0 Å². The summed E-state index contributed by atoms with van der Waals surface area (Å²) >= 11 is 3.28. The number of nitrogens with zero attached hydrogens (tertiary/aromatic N) is 1. The molecule has 0 aliphatic heterocycles. The van der Waals surface area contributed by atoms with Crippen molar-refractivity contribution in [2.45, 2.75) is 23.4 Å². The molecule has 0 aliphatic rings. The van der Waals surface area contributed by atoms with Crippen LogP contribution in [0.1, 0.15) is 16.8 Å². The molecule has 1 heterocycles. The van der Waals surface area contributed by atoms with Crippen molar-refractivity contribution in [3.05, 3.63) is 70.7 Å². The molecular formula is C20H20N2O2S2. The number of ether oxygens (including phenoxy) is 1. The van der Waals surface area contributed by atoms with Crippen LogP contribution in [0, 0.1) is 6.92 Å². The van der Waals surface area contributed by atoms with E-state index in [2.05, 4.69) is 41.5 Å². The third-order valence-electron chi connectivity index (χ3n) is 3.73. The second kappa shape index (κ2) is 8.87. The van der Waals surface area contributed by atoms with Crippen LogP contribution in [0.3, 0.4) is 0 Å². The predicted octanol–water partition coefficient (Wildman–Crippen LogP) is 4.93.